The third-order valence-electron chi connectivity index (χ3n) is 4.47. The van der Waals surface area contributed by atoms with Crippen LogP contribution in [0.4, 0.5) is 0 Å². The van der Waals surface area contributed by atoms with Gasteiger partial charge in [0.15, 0.2) is 0 Å². The van der Waals surface area contributed by atoms with Crippen molar-refractivity contribution in [1.29, 1.82) is 0 Å². The van der Waals surface area contributed by atoms with E-state index >= 15 is 0 Å². The van der Waals surface area contributed by atoms with Gasteiger partial charge in [-0.15, -0.1) is 0 Å². The lowest BCUT2D eigenvalue weighted by atomic mass is 9.96. The summed E-state index contributed by atoms with van der Waals surface area (Å²) in [5.41, 5.74) is 0. The Morgan fingerprint density at radius 2 is 1.88 bits per heavy atom. The zero-order chi connectivity index (χ0) is 18.8. The van der Waals surface area contributed by atoms with Crippen LogP contribution in [0, 0.1) is 0 Å². The molecule has 9 heteroatoms. The molecule has 0 aromatic carbocycles. The molecule has 2 unspecified atom stereocenters. The maximum Gasteiger partial charge on any atom is 0.420 e. The molecule has 0 amide bonds. The molecule has 0 radical (unpaired) electrons. The minimum Gasteiger partial charge on any atom is -0.454 e. The van der Waals surface area contributed by atoms with Gasteiger partial charge < -0.3 is 19.5 Å². The van der Waals surface area contributed by atoms with E-state index in [0.717, 1.165) is 25.1 Å². The lowest BCUT2D eigenvalue weighted by molar-refractivity contribution is -0.181. The molecule has 0 bridgehead atoms. The zero-order valence-corrected chi connectivity index (χ0v) is 16.1. The van der Waals surface area contributed by atoms with E-state index in [-0.39, 0.29) is 12.6 Å². The number of rotatable bonds is 5. The highest BCUT2D eigenvalue weighted by molar-refractivity contribution is 7.97. The van der Waals surface area contributed by atoms with E-state index < -0.39 is 24.7 Å². The van der Waals surface area contributed by atoms with Crippen molar-refractivity contribution >= 4 is 29.9 Å². The topological polar surface area (TPSA) is 94.2 Å². The largest absolute Gasteiger partial charge is 0.454 e. The first-order valence-corrected chi connectivity index (χ1v) is 10.1. The molecule has 0 aromatic rings. The number of carbonyl (C=O) groups is 3. The van der Waals surface area contributed by atoms with Gasteiger partial charge in [0.1, 0.15) is 6.10 Å². The number of likely N-dealkylation sites (N-methyl/N-ethyl adjacent to an activating group) is 1. The summed E-state index contributed by atoms with van der Waals surface area (Å²) in [6.45, 7) is 0.260. The van der Waals surface area contributed by atoms with E-state index in [1.165, 1.54) is 25.7 Å². The van der Waals surface area contributed by atoms with Crippen LogP contribution in [0.25, 0.3) is 0 Å². The van der Waals surface area contributed by atoms with Crippen LogP contribution in [0.5, 0.6) is 0 Å². The number of hydrogen-bond donors (Lipinski definition) is 1. The first-order chi connectivity index (χ1) is 12.6. The van der Waals surface area contributed by atoms with Crippen LogP contribution in [-0.4, -0.2) is 67.0 Å². The lowest BCUT2D eigenvalue weighted by Crippen LogP contribution is -2.42. The number of fused-ring (bicyclic) bond motifs is 1. The fourth-order valence-corrected chi connectivity index (χ4v) is 4.36. The van der Waals surface area contributed by atoms with E-state index in [0.29, 0.717) is 12.5 Å². The first kappa shape index (κ1) is 21.0. The predicted molar refractivity (Wildman–Crippen MR) is 96.1 cm³/mol. The Bertz CT molecular complexity index is 490. The van der Waals surface area contributed by atoms with E-state index in [1.54, 1.807) is 7.05 Å². The Morgan fingerprint density at radius 1 is 1.08 bits per heavy atom. The van der Waals surface area contributed by atoms with E-state index in [9.17, 15) is 14.4 Å². The molecule has 2 saturated heterocycles. The van der Waals surface area contributed by atoms with Gasteiger partial charge in [0.2, 0.25) is 6.79 Å². The molecule has 2 aliphatic heterocycles. The van der Waals surface area contributed by atoms with Crippen molar-refractivity contribution in [2.75, 3.05) is 32.7 Å². The second kappa shape index (κ2) is 11.4. The van der Waals surface area contributed by atoms with Gasteiger partial charge in [-0.25, -0.2) is 13.9 Å². The highest BCUT2D eigenvalue weighted by Crippen LogP contribution is 2.31. The van der Waals surface area contributed by atoms with Gasteiger partial charge in [-0.2, -0.15) is 0 Å². The fourth-order valence-electron chi connectivity index (χ4n) is 3.15. The molecule has 2 fully saturated rings. The molecule has 26 heavy (non-hydrogen) atoms. The van der Waals surface area contributed by atoms with Crippen LogP contribution in [0.1, 0.15) is 44.9 Å². The molecule has 2 heterocycles. The molecular formula is C17H28N2O6S. The van der Waals surface area contributed by atoms with Gasteiger partial charge in [-0.3, -0.25) is 4.79 Å². The van der Waals surface area contributed by atoms with Gasteiger partial charge in [0.05, 0.1) is 6.54 Å². The molecule has 1 N–H and O–H groups in total. The maximum atomic E-state index is 11.9. The molecule has 0 saturated carbocycles. The third-order valence-corrected chi connectivity index (χ3v) is 5.76. The first-order valence-electron chi connectivity index (χ1n) is 9.17. The van der Waals surface area contributed by atoms with Crippen molar-refractivity contribution < 1.29 is 28.6 Å². The van der Waals surface area contributed by atoms with Crippen molar-refractivity contribution in [2.45, 2.75) is 57.1 Å². The predicted octanol–water partition coefficient (Wildman–Crippen LogP) is 1.24. The minimum absolute atomic E-state index is 0.0000285. The summed E-state index contributed by atoms with van der Waals surface area (Å²) in [6.07, 6.45) is 7.21. The number of ether oxygens (including phenoxy) is 3. The highest BCUT2D eigenvalue weighted by Gasteiger charge is 2.32. The molecule has 0 spiro atoms. The molecule has 0 aliphatic carbocycles. The van der Waals surface area contributed by atoms with Gasteiger partial charge >= 0.3 is 17.9 Å². The monoisotopic (exact) mass is 388 g/mol. The van der Waals surface area contributed by atoms with E-state index in [4.69, 9.17) is 4.74 Å². The second-order valence-corrected chi connectivity index (χ2v) is 7.61. The summed E-state index contributed by atoms with van der Waals surface area (Å²) >= 11 is 1.89. The quantitative estimate of drug-likeness (QED) is 0.323. The summed E-state index contributed by atoms with van der Waals surface area (Å²) in [4.78, 5) is 34.7. The number of piperidine rings is 1. The van der Waals surface area contributed by atoms with Crippen LogP contribution < -0.4 is 5.32 Å². The Labute approximate surface area is 158 Å². The maximum absolute atomic E-state index is 11.9. The van der Waals surface area contributed by atoms with Crippen molar-refractivity contribution in [2.24, 2.45) is 0 Å². The average molecular weight is 388 g/mol. The van der Waals surface area contributed by atoms with Crippen molar-refractivity contribution in [3.8, 4) is 0 Å². The molecule has 148 valence electrons. The Balaban J connectivity index is 1.72. The van der Waals surface area contributed by atoms with Crippen LogP contribution in [0.3, 0.4) is 0 Å². The second-order valence-electron chi connectivity index (χ2n) is 6.48. The molecule has 2 rings (SSSR count). The van der Waals surface area contributed by atoms with Crippen molar-refractivity contribution in [3.05, 3.63) is 0 Å². The van der Waals surface area contributed by atoms with Crippen LogP contribution >= 0.6 is 11.9 Å². The summed E-state index contributed by atoms with van der Waals surface area (Å²) < 4.78 is 17.0. The van der Waals surface area contributed by atoms with E-state index in [2.05, 4.69) is 19.1 Å². The third kappa shape index (κ3) is 7.13. The number of nitrogens with one attached hydrogen (secondary N) is 1. The highest BCUT2D eigenvalue weighted by atomic mass is 32.2. The van der Waals surface area contributed by atoms with Crippen LogP contribution in [0.15, 0.2) is 0 Å². The molecule has 2 aliphatic rings. The minimum atomic E-state index is -1.13. The summed E-state index contributed by atoms with van der Waals surface area (Å²) in [5.74, 6) is -1.59. The van der Waals surface area contributed by atoms with Crippen LogP contribution in [0.2, 0.25) is 0 Å². The zero-order valence-electron chi connectivity index (χ0n) is 15.2. The van der Waals surface area contributed by atoms with Gasteiger partial charge in [-0.1, -0.05) is 31.2 Å². The molecule has 0 aromatic heterocycles. The molecule has 8 nitrogen and oxygen atoms in total. The lowest BCUT2D eigenvalue weighted by Gasteiger charge is -2.37. The fraction of sp³-hybridized carbons (Fsp3) is 0.824. The summed E-state index contributed by atoms with van der Waals surface area (Å²) in [5, 5.41) is 2.61. The Morgan fingerprint density at radius 3 is 2.69 bits per heavy atom. The number of esters is 3. The van der Waals surface area contributed by atoms with E-state index in [1.807, 2.05) is 11.9 Å². The molecular weight excluding hydrogens is 360 g/mol. The summed E-state index contributed by atoms with van der Waals surface area (Å²) in [6, 6.07) is 0.378. The Kier molecular flexibility index (Phi) is 9.21. The smallest absolute Gasteiger partial charge is 0.420 e. The number of nitrogens with zero attached hydrogens (tertiary/aromatic N) is 1. The SMILES string of the molecule is CNCC(=O)OCOC(=O)C(=O)OC1CCN2SCCCCCCC2C1. The standard InChI is InChI=1S/C17H28N2O6S/c1-18-11-15(20)23-12-24-16(21)17(22)25-14-7-8-19-13(10-14)6-4-2-3-5-9-26-19/h13-14,18H,2-12H2,1H3. The number of carbonyl (C=O) groups excluding carboxylic acids is 3. The summed E-state index contributed by atoms with van der Waals surface area (Å²) in [7, 11) is 1.59. The van der Waals surface area contributed by atoms with Gasteiger partial charge in [-0.05, 0) is 26.3 Å². The van der Waals surface area contributed by atoms with Crippen molar-refractivity contribution in [3.63, 3.8) is 0 Å². The Hall–Kier alpha value is -1.32. The van der Waals surface area contributed by atoms with Crippen molar-refractivity contribution in [1.82, 2.24) is 9.62 Å². The molecule has 2 atom stereocenters. The van der Waals surface area contributed by atoms with Gasteiger partial charge in [0, 0.05) is 24.8 Å². The normalized spacial score (nSPS) is 24.3. The number of hydrogen-bond acceptors (Lipinski definition) is 9. The van der Waals surface area contributed by atoms with Crippen LogP contribution in [-0.2, 0) is 28.6 Å². The average Bonchev–Trinajstić information content (AvgIpc) is 2.73. The van der Waals surface area contributed by atoms with Gasteiger partial charge in [0.25, 0.3) is 0 Å².